The number of thiazole rings is 1. The molecule has 0 aliphatic rings. The molecular formula is C24H23N4O2S+. The first-order chi connectivity index (χ1) is 15.1. The van der Waals surface area contributed by atoms with Crippen molar-refractivity contribution in [2.45, 2.75) is 6.54 Å². The quantitative estimate of drug-likeness (QED) is 0.421. The number of carbonyl (C=O) groups is 2. The van der Waals surface area contributed by atoms with Gasteiger partial charge in [0.25, 0.3) is 11.8 Å². The zero-order chi connectivity index (χ0) is 21.6. The normalized spacial score (nSPS) is 11.8. The van der Waals surface area contributed by atoms with Crippen molar-refractivity contribution in [3.05, 3.63) is 89.4 Å². The molecule has 3 aromatic carbocycles. The summed E-state index contributed by atoms with van der Waals surface area (Å²) in [5.41, 5.74) is 2.60. The molecule has 0 fully saturated rings. The number of hydrogen-bond acceptors (Lipinski definition) is 4. The summed E-state index contributed by atoms with van der Waals surface area (Å²) in [4.78, 5) is 31.0. The van der Waals surface area contributed by atoms with Gasteiger partial charge in [-0.3, -0.25) is 9.59 Å². The molecule has 0 saturated carbocycles. The molecule has 1 unspecified atom stereocenters. The molecule has 156 valence electrons. The van der Waals surface area contributed by atoms with E-state index in [2.05, 4.69) is 21.7 Å². The lowest BCUT2D eigenvalue weighted by Crippen LogP contribution is -3.08. The molecule has 3 N–H and O–H groups in total. The standard InChI is InChI=1S/C24H22N4O2S/c1-28(16-23-27-20-13-7-8-14-21(20)31-23)15-22(29)26-19-12-6-5-11-18(19)24(30)25-17-9-3-2-4-10-17/h2-14H,15-16H2,1H3,(H,25,30)(H,26,29)/p+1. The van der Waals surface area contributed by atoms with Crippen molar-refractivity contribution in [3.63, 3.8) is 0 Å². The van der Waals surface area contributed by atoms with Crippen LogP contribution in [0.15, 0.2) is 78.9 Å². The monoisotopic (exact) mass is 431 g/mol. The number of amides is 2. The van der Waals surface area contributed by atoms with Crippen molar-refractivity contribution in [2.75, 3.05) is 24.2 Å². The van der Waals surface area contributed by atoms with E-state index in [1.54, 1.807) is 35.6 Å². The van der Waals surface area contributed by atoms with E-state index in [-0.39, 0.29) is 18.4 Å². The van der Waals surface area contributed by atoms with Gasteiger partial charge in [0.1, 0.15) is 11.6 Å². The highest BCUT2D eigenvalue weighted by molar-refractivity contribution is 7.18. The summed E-state index contributed by atoms with van der Waals surface area (Å²) in [7, 11) is 1.96. The van der Waals surface area contributed by atoms with Crippen molar-refractivity contribution >= 4 is 44.7 Å². The zero-order valence-corrected chi connectivity index (χ0v) is 17.9. The Balaban J connectivity index is 1.38. The minimum atomic E-state index is -0.266. The van der Waals surface area contributed by atoms with Gasteiger partial charge < -0.3 is 15.5 Å². The number of quaternary nitrogens is 1. The summed E-state index contributed by atoms with van der Waals surface area (Å²) < 4.78 is 1.15. The third kappa shape index (κ3) is 5.33. The fourth-order valence-electron chi connectivity index (χ4n) is 3.29. The van der Waals surface area contributed by atoms with Crippen LogP contribution in [-0.4, -0.2) is 30.4 Å². The summed E-state index contributed by atoms with van der Waals surface area (Å²) >= 11 is 1.65. The average Bonchev–Trinajstić information content (AvgIpc) is 3.16. The first-order valence-electron chi connectivity index (χ1n) is 9.99. The second kappa shape index (κ2) is 9.51. The first-order valence-corrected chi connectivity index (χ1v) is 10.8. The van der Waals surface area contributed by atoms with E-state index in [1.165, 1.54) is 0 Å². The van der Waals surface area contributed by atoms with Gasteiger partial charge in [0, 0.05) is 5.69 Å². The van der Waals surface area contributed by atoms with E-state index in [0.29, 0.717) is 23.5 Å². The number of likely N-dealkylation sites (N-methyl/N-ethyl adjacent to an activating group) is 1. The van der Waals surface area contributed by atoms with E-state index < -0.39 is 0 Å². The molecule has 0 bridgehead atoms. The molecule has 6 nitrogen and oxygen atoms in total. The minimum Gasteiger partial charge on any atom is -0.324 e. The maximum absolute atomic E-state index is 12.7. The van der Waals surface area contributed by atoms with E-state index in [1.807, 2.05) is 55.6 Å². The summed E-state index contributed by atoms with van der Waals surface area (Å²) in [6.45, 7) is 0.924. The highest BCUT2D eigenvalue weighted by Crippen LogP contribution is 2.21. The fourth-order valence-corrected chi connectivity index (χ4v) is 4.38. The SMILES string of the molecule is C[NH+](CC(=O)Nc1ccccc1C(=O)Nc1ccccc1)Cc1nc2ccccc2s1. The predicted octanol–water partition coefficient (Wildman–Crippen LogP) is 3.20. The molecule has 2 amide bonds. The Kier molecular flexibility index (Phi) is 6.35. The number of carbonyl (C=O) groups excluding carboxylic acids is 2. The second-order valence-corrected chi connectivity index (χ2v) is 8.42. The van der Waals surface area contributed by atoms with Crippen LogP contribution in [0.5, 0.6) is 0 Å². The van der Waals surface area contributed by atoms with Crippen LogP contribution >= 0.6 is 11.3 Å². The molecule has 4 aromatic rings. The van der Waals surface area contributed by atoms with Crippen LogP contribution in [0.2, 0.25) is 0 Å². The van der Waals surface area contributed by atoms with E-state index >= 15 is 0 Å². The summed E-state index contributed by atoms with van der Waals surface area (Å²) in [5, 5.41) is 6.73. The Labute approximate surface area is 184 Å². The highest BCUT2D eigenvalue weighted by atomic mass is 32.1. The fraction of sp³-hybridized carbons (Fsp3) is 0.125. The van der Waals surface area contributed by atoms with Crippen molar-refractivity contribution in [1.82, 2.24) is 4.98 Å². The summed E-state index contributed by atoms with van der Waals surface area (Å²) in [6, 6.07) is 24.3. The number of nitrogens with one attached hydrogen (secondary N) is 3. The van der Waals surface area contributed by atoms with Gasteiger partial charge in [0.05, 0.1) is 28.5 Å². The minimum absolute atomic E-state index is 0.154. The smallest absolute Gasteiger partial charge is 0.279 e. The van der Waals surface area contributed by atoms with Crippen LogP contribution in [-0.2, 0) is 11.3 Å². The Hall–Kier alpha value is -3.55. The van der Waals surface area contributed by atoms with Gasteiger partial charge in [-0.05, 0) is 36.4 Å². The van der Waals surface area contributed by atoms with Gasteiger partial charge in [-0.15, -0.1) is 11.3 Å². The molecule has 1 atom stereocenters. The summed E-state index contributed by atoms with van der Waals surface area (Å²) in [6.07, 6.45) is 0. The van der Waals surface area contributed by atoms with E-state index in [0.717, 1.165) is 20.1 Å². The number of anilines is 2. The largest absolute Gasteiger partial charge is 0.324 e. The van der Waals surface area contributed by atoms with Gasteiger partial charge in [-0.1, -0.05) is 42.5 Å². The van der Waals surface area contributed by atoms with Crippen molar-refractivity contribution in [2.24, 2.45) is 0 Å². The molecule has 7 heteroatoms. The Bertz CT molecular complexity index is 1170. The molecule has 1 aromatic heterocycles. The average molecular weight is 432 g/mol. The van der Waals surface area contributed by atoms with Gasteiger partial charge in [0.2, 0.25) is 0 Å². The highest BCUT2D eigenvalue weighted by Gasteiger charge is 2.17. The van der Waals surface area contributed by atoms with Crippen molar-refractivity contribution in [1.29, 1.82) is 0 Å². The number of rotatable bonds is 7. The lowest BCUT2D eigenvalue weighted by atomic mass is 10.1. The Morgan fingerprint density at radius 2 is 1.61 bits per heavy atom. The molecule has 4 rings (SSSR count). The van der Waals surface area contributed by atoms with Crippen LogP contribution < -0.4 is 15.5 Å². The maximum Gasteiger partial charge on any atom is 0.279 e. The van der Waals surface area contributed by atoms with Crippen LogP contribution in [0, 0.1) is 0 Å². The van der Waals surface area contributed by atoms with Crippen molar-refractivity contribution in [3.8, 4) is 0 Å². The number of para-hydroxylation sites is 3. The second-order valence-electron chi connectivity index (χ2n) is 7.30. The number of nitrogens with zero attached hydrogens (tertiary/aromatic N) is 1. The lowest BCUT2D eigenvalue weighted by molar-refractivity contribution is -0.885. The lowest BCUT2D eigenvalue weighted by Gasteiger charge is -2.14. The number of hydrogen-bond donors (Lipinski definition) is 3. The van der Waals surface area contributed by atoms with Crippen LogP contribution in [0.25, 0.3) is 10.2 Å². The number of benzene rings is 3. The molecular weight excluding hydrogens is 408 g/mol. The summed E-state index contributed by atoms with van der Waals surface area (Å²) in [5.74, 6) is -0.421. The maximum atomic E-state index is 12.7. The van der Waals surface area contributed by atoms with E-state index in [4.69, 9.17) is 0 Å². The molecule has 0 spiro atoms. The number of aromatic nitrogens is 1. The van der Waals surface area contributed by atoms with Crippen LogP contribution in [0.4, 0.5) is 11.4 Å². The third-order valence-corrected chi connectivity index (χ3v) is 5.77. The zero-order valence-electron chi connectivity index (χ0n) is 17.1. The topological polar surface area (TPSA) is 75.5 Å². The van der Waals surface area contributed by atoms with Gasteiger partial charge in [-0.2, -0.15) is 0 Å². The van der Waals surface area contributed by atoms with Gasteiger partial charge in [-0.25, -0.2) is 4.98 Å². The van der Waals surface area contributed by atoms with Crippen molar-refractivity contribution < 1.29 is 14.5 Å². The predicted molar refractivity (Wildman–Crippen MR) is 125 cm³/mol. The molecule has 0 aliphatic carbocycles. The molecule has 0 radical (unpaired) electrons. The third-order valence-electron chi connectivity index (χ3n) is 4.73. The number of fused-ring (bicyclic) bond motifs is 1. The van der Waals surface area contributed by atoms with Crippen LogP contribution in [0.3, 0.4) is 0 Å². The van der Waals surface area contributed by atoms with Crippen LogP contribution in [0.1, 0.15) is 15.4 Å². The molecule has 1 heterocycles. The van der Waals surface area contributed by atoms with Gasteiger partial charge >= 0.3 is 0 Å². The van der Waals surface area contributed by atoms with Gasteiger partial charge in [0.15, 0.2) is 6.54 Å². The van der Waals surface area contributed by atoms with E-state index in [9.17, 15) is 9.59 Å². The molecule has 0 aliphatic heterocycles. The Morgan fingerprint density at radius 1 is 0.903 bits per heavy atom. The molecule has 0 saturated heterocycles. The Morgan fingerprint density at radius 3 is 2.42 bits per heavy atom. The first kappa shape index (κ1) is 20.7. The molecule has 31 heavy (non-hydrogen) atoms.